The summed E-state index contributed by atoms with van der Waals surface area (Å²) in [5, 5.41) is 6.16. The SMILES string of the molecule is CC(C)NC(=O)COC1COC2(CCNCC2)C1. The molecule has 5 heteroatoms. The molecule has 1 unspecified atom stereocenters. The molecule has 104 valence electrons. The molecule has 0 saturated carbocycles. The normalized spacial score (nSPS) is 26.7. The van der Waals surface area contributed by atoms with Crippen molar-refractivity contribution in [2.45, 2.75) is 50.9 Å². The largest absolute Gasteiger partial charge is 0.372 e. The van der Waals surface area contributed by atoms with Crippen LogP contribution in [0.15, 0.2) is 0 Å². The summed E-state index contributed by atoms with van der Waals surface area (Å²) in [6, 6.07) is 0.164. The molecule has 0 aromatic carbocycles. The second-order valence-corrected chi connectivity index (χ2v) is 5.60. The first-order valence-corrected chi connectivity index (χ1v) is 6.85. The number of carbonyl (C=O) groups excluding carboxylic acids is 1. The fraction of sp³-hybridized carbons (Fsp3) is 0.923. The topological polar surface area (TPSA) is 59.6 Å². The van der Waals surface area contributed by atoms with Crippen LogP contribution in [0.1, 0.15) is 33.1 Å². The van der Waals surface area contributed by atoms with E-state index in [1.807, 2.05) is 13.8 Å². The van der Waals surface area contributed by atoms with Crippen LogP contribution < -0.4 is 10.6 Å². The highest BCUT2D eigenvalue weighted by Crippen LogP contribution is 2.34. The van der Waals surface area contributed by atoms with Gasteiger partial charge in [-0.15, -0.1) is 0 Å². The molecule has 2 heterocycles. The van der Waals surface area contributed by atoms with Gasteiger partial charge in [0, 0.05) is 12.5 Å². The first-order chi connectivity index (χ1) is 8.60. The molecule has 2 aliphatic heterocycles. The Morgan fingerprint density at radius 2 is 2.22 bits per heavy atom. The Morgan fingerprint density at radius 1 is 1.50 bits per heavy atom. The van der Waals surface area contributed by atoms with E-state index in [-0.39, 0.29) is 30.3 Å². The monoisotopic (exact) mass is 256 g/mol. The van der Waals surface area contributed by atoms with E-state index in [0.717, 1.165) is 32.4 Å². The zero-order valence-electron chi connectivity index (χ0n) is 11.3. The molecule has 0 radical (unpaired) electrons. The van der Waals surface area contributed by atoms with Gasteiger partial charge in [-0.3, -0.25) is 4.79 Å². The predicted octanol–water partition coefficient (Wildman–Crippen LogP) is 0.439. The van der Waals surface area contributed by atoms with Gasteiger partial charge in [-0.1, -0.05) is 0 Å². The predicted molar refractivity (Wildman–Crippen MR) is 68.4 cm³/mol. The van der Waals surface area contributed by atoms with E-state index >= 15 is 0 Å². The van der Waals surface area contributed by atoms with Crippen molar-refractivity contribution < 1.29 is 14.3 Å². The van der Waals surface area contributed by atoms with Crippen molar-refractivity contribution in [3.05, 3.63) is 0 Å². The fourth-order valence-corrected chi connectivity index (χ4v) is 2.70. The maximum absolute atomic E-state index is 11.5. The highest BCUT2D eigenvalue weighted by atomic mass is 16.6. The third kappa shape index (κ3) is 3.67. The number of ether oxygens (including phenoxy) is 2. The van der Waals surface area contributed by atoms with Crippen LogP contribution in [-0.4, -0.2) is 50.0 Å². The molecule has 2 N–H and O–H groups in total. The molecule has 0 bridgehead atoms. The van der Waals surface area contributed by atoms with E-state index < -0.39 is 0 Å². The molecule has 1 amide bonds. The van der Waals surface area contributed by atoms with Gasteiger partial charge in [-0.2, -0.15) is 0 Å². The summed E-state index contributed by atoms with van der Waals surface area (Å²) in [7, 11) is 0. The van der Waals surface area contributed by atoms with Crippen LogP contribution in [0.2, 0.25) is 0 Å². The Morgan fingerprint density at radius 3 is 2.89 bits per heavy atom. The molecule has 5 nitrogen and oxygen atoms in total. The molecular formula is C13H24N2O3. The molecule has 18 heavy (non-hydrogen) atoms. The highest BCUT2D eigenvalue weighted by molar-refractivity contribution is 5.77. The summed E-state index contributed by atoms with van der Waals surface area (Å²) in [6.45, 7) is 6.68. The Bertz CT molecular complexity index is 288. The van der Waals surface area contributed by atoms with Crippen LogP contribution in [0.4, 0.5) is 0 Å². The van der Waals surface area contributed by atoms with Crippen LogP contribution in [-0.2, 0) is 14.3 Å². The molecule has 2 fully saturated rings. The minimum atomic E-state index is -0.0451. The Labute approximate surface area is 109 Å². The number of piperidine rings is 1. The van der Waals surface area contributed by atoms with E-state index in [9.17, 15) is 4.79 Å². The molecule has 0 aromatic rings. The lowest BCUT2D eigenvalue weighted by Gasteiger charge is -2.32. The van der Waals surface area contributed by atoms with Gasteiger partial charge in [0.05, 0.1) is 18.3 Å². The van der Waals surface area contributed by atoms with E-state index in [0.29, 0.717) is 6.61 Å². The lowest BCUT2D eigenvalue weighted by Crippen LogP contribution is -2.41. The average molecular weight is 256 g/mol. The van der Waals surface area contributed by atoms with Crippen molar-refractivity contribution in [2.24, 2.45) is 0 Å². The van der Waals surface area contributed by atoms with Gasteiger partial charge >= 0.3 is 0 Å². The molecule has 2 aliphatic rings. The average Bonchev–Trinajstić information content (AvgIpc) is 2.70. The Hall–Kier alpha value is -0.650. The van der Waals surface area contributed by atoms with Gasteiger partial charge < -0.3 is 20.1 Å². The smallest absolute Gasteiger partial charge is 0.246 e. The van der Waals surface area contributed by atoms with Gasteiger partial charge in [0.25, 0.3) is 0 Å². The number of carbonyl (C=O) groups is 1. The van der Waals surface area contributed by atoms with Gasteiger partial charge in [-0.05, 0) is 39.8 Å². The van der Waals surface area contributed by atoms with Gasteiger partial charge in [0.2, 0.25) is 5.91 Å². The minimum absolute atomic E-state index is 0.00441. The molecule has 1 spiro atoms. The summed E-state index contributed by atoms with van der Waals surface area (Å²) < 4.78 is 11.5. The second-order valence-electron chi connectivity index (χ2n) is 5.60. The molecule has 1 atom stereocenters. The third-order valence-corrected chi connectivity index (χ3v) is 3.59. The maximum Gasteiger partial charge on any atom is 0.246 e. The van der Waals surface area contributed by atoms with E-state index in [1.54, 1.807) is 0 Å². The fourth-order valence-electron chi connectivity index (χ4n) is 2.70. The lowest BCUT2D eigenvalue weighted by atomic mass is 9.89. The van der Waals surface area contributed by atoms with Crippen molar-refractivity contribution in [2.75, 3.05) is 26.3 Å². The minimum Gasteiger partial charge on any atom is -0.372 e. The summed E-state index contributed by atoms with van der Waals surface area (Å²) in [6.07, 6.45) is 3.08. The van der Waals surface area contributed by atoms with Crippen molar-refractivity contribution in [1.29, 1.82) is 0 Å². The van der Waals surface area contributed by atoms with Gasteiger partial charge in [0.15, 0.2) is 0 Å². The van der Waals surface area contributed by atoms with Crippen LogP contribution in [0.3, 0.4) is 0 Å². The van der Waals surface area contributed by atoms with Gasteiger partial charge in [-0.25, -0.2) is 0 Å². The number of rotatable bonds is 4. The van der Waals surface area contributed by atoms with E-state index in [2.05, 4.69) is 10.6 Å². The highest BCUT2D eigenvalue weighted by Gasteiger charge is 2.41. The van der Waals surface area contributed by atoms with Crippen LogP contribution in [0.5, 0.6) is 0 Å². The molecular weight excluding hydrogens is 232 g/mol. The van der Waals surface area contributed by atoms with E-state index in [1.165, 1.54) is 0 Å². The third-order valence-electron chi connectivity index (χ3n) is 3.59. The summed E-state index contributed by atoms with van der Waals surface area (Å²) >= 11 is 0. The van der Waals surface area contributed by atoms with Crippen molar-refractivity contribution in [3.63, 3.8) is 0 Å². The first-order valence-electron chi connectivity index (χ1n) is 6.85. The summed E-state index contributed by atoms with van der Waals surface area (Å²) in [5.41, 5.74) is 0.00441. The lowest BCUT2D eigenvalue weighted by molar-refractivity contribution is -0.128. The quantitative estimate of drug-likeness (QED) is 0.766. The number of hydrogen-bond donors (Lipinski definition) is 2. The molecule has 2 rings (SSSR count). The van der Waals surface area contributed by atoms with Crippen molar-refractivity contribution in [3.8, 4) is 0 Å². The zero-order chi connectivity index (χ0) is 13.0. The van der Waals surface area contributed by atoms with Crippen molar-refractivity contribution >= 4 is 5.91 Å². The summed E-state index contributed by atoms with van der Waals surface area (Å²) in [5.74, 6) is -0.0451. The Kier molecular flexibility index (Phi) is 4.59. The number of hydrogen-bond acceptors (Lipinski definition) is 4. The maximum atomic E-state index is 11.5. The standard InChI is InChI=1S/C13H24N2O3/c1-10(2)15-12(16)9-17-11-7-13(18-8-11)3-5-14-6-4-13/h10-11,14H,3-9H2,1-2H3,(H,15,16). The van der Waals surface area contributed by atoms with E-state index in [4.69, 9.17) is 9.47 Å². The number of nitrogens with one attached hydrogen (secondary N) is 2. The first kappa shape index (κ1) is 13.8. The molecule has 2 saturated heterocycles. The molecule has 0 aromatic heterocycles. The van der Waals surface area contributed by atoms with Gasteiger partial charge in [0.1, 0.15) is 6.61 Å². The van der Waals surface area contributed by atoms with Crippen LogP contribution in [0.25, 0.3) is 0 Å². The second kappa shape index (κ2) is 5.99. The van der Waals surface area contributed by atoms with Crippen LogP contribution >= 0.6 is 0 Å². The van der Waals surface area contributed by atoms with Crippen molar-refractivity contribution in [1.82, 2.24) is 10.6 Å². The number of amides is 1. The zero-order valence-corrected chi connectivity index (χ0v) is 11.3. The van der Waals surface area contributed by atoms with Crippen LogP contribution in [0, 0.1) is 0 Å². The summed E-state index contributed by atoms with van der Waals surface area (Å²) in [4.78, 5) is 11.5. The Balaban J connectivity index is 1.71. The molecule has 0 aliphatic carbocycles.